The lowest BCUT2D eigenvalue weighted by Crippen LogP contribution is -2.33. The highest BCUT2D eigenvalue weighted by Gasteiger charge is 2.27. The Bertz CT molecular complexity index is 643. The third-order valence-electron chi connectivity index (χ3n) is 5.31. The summed E-state index contributed by atoms with van der Waals surface area (Å²) < 4.78 is 6.26. The molecular weight excluding hydrogens is 308 g/mol. The number of benzene rings is 1. The van der Waals surface area contributed by atoms with Crippen LogP contribution >= 0.6 is 0 Å². The van der Waals surface area contributed by atoms with Crippen molar-refractivity contribution in [2.75, 3.05) is 6.54 Å². The number of nitrogens with one attached hydrogen (secondary N) is 1. The van der Waals surface area contributed by atoms with E-state index in [9.17, 15) is 0 Å². The second-order valence-electron chi connectivity index (χ2n) is 7.45. The number of aromatic nitrogens is 1. The first-order valence-corrected chi connectivity index (χ1v) is 9.53. The first-order chi connectivity index (χ1) is 12.2. The maximum Gasteiger partial charge on any atom is 0.119 e. The molecule has 0 saturated heterocycles. The van der Waals surface area contributed by atoms with Crippen molar-refractivity contribution in [3.8, 4) is 5.75 Å². The smallest absolute Gasteiger partial charge is 0.119 e. The van der Waals surface area contributed by atoms with Crippen LogP contribution in [0.25, 0.3) is 0 Å². The van der Waals surface area contributed by atoms with Gasteiger partial charge in [0.25, 0.3) is 0 Å². The van der Waals surface area contributed by atoms with Gasteiger partial charge in [-0.15, -0.1) is 0 Å². The average Bonchev–Trinajstić information content (AvgIpc) is 2.63. The molecule has 1 saturated carbocycles. The molecule has 3 heteroatoms. The number of aryl methyl sites for hydroxylation is 1. The Hall–Kier alpha value is -1.87. The Balaban J connectivity index is 1.45. The zero-order chi connectivity index (χ0) is 17.5. The number of pyridine rings is 1. The summed E-state index contributed by atoms with van der Waals surface area (Å²) >= 11 is 0. The molecule has 0 bridgehead atoms. The summed E-state index contributed by atoms with van der Waals surface area (Å²) in [4.78, 5) is 4.07. The Morgan fingerprint density at radius 2 is 2.04 bits per heavy atom. The fraction of sp³-hybridized carbons (Fsp3) is 0.500. The molecule has 134 valence electrons. The molecule has 0 spiro atoms. The van der Waals surface area contributed by atoms with Gasteiger partial charge >= 0.3 is 0 Å². The van der Waals surface area contributed by atoms with Gasteiger partial charge in [0, 0.05) is 18.9 Å². The summed E-state index contributed by atoms with van der Waals surface area (Å²) in [5.41, 5.74) is 2.56. The third-order valence-corrected chi connectivity index (χ3v) is 5.31. The van der Waals surface area contributed by atoms with Gasteiger partial charge in [-0.05, 0) is 86.4 Å². The molecule has 1 heterocycles. The largest absolute Gasteiger partial charge is 0.490 e. The number of ether oxygens (including phenoxy) is 1. The quantitative estimate of drug-likeness (QED) is 0.791. The van der Waals surface area contributed by atoms with Gasteiger partial charge < -0.3 is 10.1 Å². The van der Waals surface area contributed by atoms with Gasteiger partial charge in [-0.2, -0.15) is 0 Å². The molecule has 25 heavy (non-hydrogen) atoms. The zero-order valence-corrected chi connectivity index (χ0v) is 15.4. The molecule has 1 N–H and O–H groups in total. The summed E-state index contributed by atoms with van der Waals surface area (Å²) in [6.07, 6.45) is 9.03. The van der Waals surface area contributed by atoms with Crippen molar-refractivity contribution in [3.63, 3.8) is 0 Å². The summed E-state index contributed by atoms with van der Waals surface area (Å²) in [5, 5.41) is 3.60. The minimum Gasteiger partial charge on any atom is -0.490 e. The molecule has 3 nitrogen and oxygen atoms in total. The zero-order valence-electron chi connectivity index (χ0n) is 15.4. The number of hydrogen-bond donors (Lipinski definition) is 1. The summed E-state index contributed by atoms with van der Waals surface area (Å²) in [6, 6.07) is 12.6. The van der Waals surface area contributed by atoms with E-state index in [-0.39, 0.29) is 0 Å². The van der Waals surface area contributed by atoms with E-state index in [1.165, 1.54) is 36.8 Å². The lowest BCUT2D eigenvalue weighted by atomic mass is 9.79. The molecule has 0 amide bonds. The average molecular weight is 338 g/mol. The maximum absolute atomic E-state index is 6.26. The predicted molar refractivity (Wildman–Crippen MR) is 103 cm³/mol. The second kappa shape index (κ2) is 9.00. The molecule has 1 fully saturated rings. The Labute approximate surface area is 151 Å². The monoisotopic (exact) mass is 338 g/mol. The van der Waals surface area contributed by atoms with Gasteiger partial charge in [0.05, 0.1) is 6.10 Å². The van der Waals surface area contributed by atoms with Gasteiger partial charge in [0.15, 0.2) is 0 Å². The van der Waals surface area contributed by atoms with E-state index in [0.29, 0.717) is 12.0 Å². The van der Waals surface area contributed by atoms with Crippen LogP contribution in [0.3, 0.4) is 0 Å². The molecule has 1 aromatic heterocycles. The van der Waals surface area contributed by atoms with Gasteiger partial charge in [-0.25, -0.2) is 0 Å². The SMILES string of the molecule is Cc1cccc(O[C@@H]2CCC[C@H](C(C)CNCc3ccncc3)C2)c1. The molecule has 0 radical (unpaired) electrons. The van der Waals surface area contributed by atoms with Crippen molar-refractivity contribution in [2.45, 2.75) is 52.2 Å². The normalized spacial score (nSPS) is 21.7. The Kier molecular flexibility index (Phi) is 6.46. The van der Waals surface area contributed by atoms with Crippen LogP contribution in [-0.4, -0.2) is 17.6 Å². The molecule has 0 aliphatic heterocycles. The van der Waals surface area contributed by atoms with Crippen LogP contribution in [0.4, 0.5) is 0 Å². The van der Waals surface area contributed by atoms with Crippen molar-refractivity contribution in [2.24, 2.45) is 11.8 Å². The second-order valence-corrected chi connectivity index (χ2v) is 7.45. The van der Waals surface area contributed by atoms with E-state index in [4.69, 9.17) is 4.74 Å². The van der Waals surface area contributed by atoms with Gasteiger partial charge in [-0.1, -0.05) is 19.1 Å². The third kappa shape index (κ3) is 5.57. The van der Waals surface area contributed by atoms with Crippen LogP contribution in [0, 0.1) is 18.8 Å². The molecule has 1 aromatic carbocycles. The lowest BCUT2D eigenvalue weighted by molar-refractivity contribution is 0.102. The van der Waals surface area contributed by atoms with Gasteiger partial charge in [-0.3, -0.25) is 4.98 Å². The van der Waals surface area contributed by atoms with Crippen molar-refractivity contribution >= 4 is 0 Å². The molecular formula is C22H30N2O. The van der Waals surface area contributed by atoms with Crippen LogP contribution in [-0.2, 0) is 6.54 Å². The fourth-order valence-electron chi connectivity index (χ4n) is 3.80. The minimum absolute atomic E-state index is 0.364. The highest BCUT2D eigenvalue weighted by Crippen LogP contribution is 2.32. The Morgan fingerprint density at radius 3 is 2.84 bits per heavy atom. The fourth-order valence-corrected chi connectivity index (χ4v) is 3.80. The predicted octanol–water partition coefficient (Wildman–Crippen LogP) is 4.75. The van der Waals surface area contributed by atoms with Gasteiger partial charge in [0.2, 0.25) is 0 Å². The minimum atomic E-state index is 0.364. The van der Waals surface area contributed by atoms with Crippen LogP contribution in [0.5, 0.6) is 5.75 Å². The highest BCUT2D eigenvalue weighted by molar-refractivity contribution is 5.27. The van der Waals surface area contributed by atoms with Crippen molar-refractivity contribution < 1.29 is 4.74 Å². The topological polar surface area (TPSA) is 34.1 Å². The first kappa shape index (κ1) is 17.9. The van der Waals surface area contributed by atoms with Crippen molar-refractivity contribution in [1.82, 2.24) is 10.3 Å². The van der Waals surface area contributed by atoms with E-state index in [2.05, 4.69) is 60.5 Å². The summed E-state index contributed by atoms with van der Waals surface area (Å²) in [5.74, 6) is 2.44. The van der Waals surface area contributed by atoms with Crippen molar-refractivity contribution in [1.29, 1.82) is 0 Å². The molecule has 3 atom stereocenters. The van der Waals surface area contributed by atoms with E-state index in [1.54, 1.807) is 0 Å². The molecule has 3 rings (SSSR count). The lowest BCUT2D eigenvalue weighted by Gasteiger charge is -2.33. The number of rotatable bonds is 7. The first-order valence-electron chi connectivity index (χ1n) is 9.53. The Morgan fingerprint density at radius 1 is 1.20 bits per heavy atom. The van der Waals surface area contributed by atoms with E-state index >= 15 is 0 Å². The van der Waals surface area contributed by atoms with Crippen LogP contribution in [0.1, 0.15) is 43.7 Å². The van der Waals surface area contributed by atoms with Crippen LogP contribution < -0.4 is 10.1 Å². The maximum atomic E-state index is 6.26. The van der Waals surface area contributed by atoms with Gasteiger partial charge in [0.1, 0.15) is 5.75 Å². The van der Waals surface area contributed by atoms with Crippen LogP contribution in [0.2, 0.25) is 0 Å². The summed E-state index contributed by atoms with van der Waals surface area (Å²) in [7, 11) is 0. The number of nitrogens with zero attached hydrogens (tertiary/aromatic N) is 1. The molecule has 1 aliphatic rings. The standard InChI is InChI=1S/C22H30N2O/c1-17-5-3-7-21(13-17)25-22-8-4-6-20(14-22)18(2)15-24-16-19-9-11-23-12-10-19/h3,5,7,9-13,18,20,22,24H,4,6,8,14-16H2,1-2H3/t18?,20-,22+/m0/s1. The number of hydrogen-bond acceptors (Lipinski definition) is 3. The summed E-state index contributed by atoms with van der Waals surface area (Å²) in [6.45, 7) is 6.47. The van der Waals surface area contributed by atoms with Crippen LogP contribution in [0.15, 0.2) is 48.8 Å². The highest BCUT2D eigenvalue weighted by atomic mass is 16.5. The molecule has 2 aromatic rings. The molecule has 1 unspecified atom stereocenters. The van der Waals surface area contributed by atoms with E-state index < -0.39 is 0 Å². The van der Waals surface area contributed by atoms with E-state index in [0.717, 1.165) is 24.8 Å². The molecule has 1 aliphatic carbocycles. The van der Waals surface area contributed by atoms with E-state index in [1.807, 2.05) is 12.4 Å². The van der Waals surface area contributed by atoms with Crippen molar-refractivity contribution in [3.05, 3.63) is 59.9 Å².